The van der Waals surface area contributed by atoms with Crippen LogP contribution >= 0.6 is 22.9 Å². The molecule has 0 aliphatic carbocycles. The van der Waals surface area contributed by atoms with Crippen LogP contribution in [0.3, 0.4) is 0 Å². The molecule has 3 aromatic rings. The fraction of sp³-hybridized carbons (Fsp3) is 0.261. The van der Waals surface area contributed by atoms with E-state index in [9.17, 15) is 9.59 Å². The molecule has 31 heavy (non-hydrogen) atoms. The minimum atomic E-state index is -0.511. The number of nitrogens with one attached hydrogen (secondary N) is 2. The highest BCUT2D eigenvalue weighted by Gasteiger charge is 2.21. The summed E-state index contributed by atoms with van der Waals surface area (Å²) in [7, 11) is 0. The zero-order valence-electron chi connectivity index (χ0n) is 17.4. The highest BCUT2D eigenvalue weighted by Crippen LogP contribution is 2.29. The fourth-order valence-corrected chi connectivity index (χ4v) is 4.23. The van der Waals surface area contributed by atoms with Crippen molar-refractivity contribution >= 4 is 39.9 Å². The van der Waals surface area contributed by atoms with Crippen LogP contribution in [0.15, 0.2) is 54.7 Å². The van der Waals surface area contributed by atoms with E-state index in [1.165, 1.54) is 18.3 Å². The molecule has 2 aromatic carbocycles. The molecule has 0 fully saturated rings. The number of carbonyl (C=O) groups excluding carboxylic acids is 2. The van der Waals surface area contributed by atoms with Gasteiger partial charge in [-0.1, -0.05) is 48.0 Å². The molecule has 0 saturated heterocycles. The van der Waals surface area contributed by atoms with Gasteiger partial charge in [-0.2, -0.15) is 0 Å². The number of thiazole rings is 1. The normalized spacial score (nSPS) is 11.6. The summed E-state index contributed by atoms with van der Waals surface area (Å²) in [5.74, 6) is 0.178. The van der Waals surface area contributed by atoms with Crippen molar-refractivity contribution in [2.75, 3.05) is 11.9 Å². The summed E-state index contributed by atoms with van der Waals surface area (Å²) in [5, 5.41) is 6.88. The van der Waals surface area contributed by atoms with Crippen LogP contribution in [-0.4, -0.2) is 23.4 Å². The second-order valence-corrected chi connectivity index (χ2v) is 8.40. The van der Waals surface area contributed by atoms with Gasteiger partial charge in [0.1, 0.15) is 5.75 Å². The molecule has 0 radical (unpaired) electrons. The predicted molar refractivity (Wildman–Crippen MR) is 124 cm³/mol. The first kappa shape index (κ1) is 22.8. The van der Waals surface area contributed by atoms with Gasteiger partial charge in [-0.05, 0) is 24.6 Å². The number of para-hydroxylation sites is 1. The lowest BCUT2D eigenvalue weighted by Crippen LogP contribution is -2.30. The van der Waals surface area contributed by atoms with Crippen molar-refractivity contribution in [1.29, 1.82) is 0 Å². The van der Waals surface area contributed by atoms with Gasteiger partial charge in [0.15, 0.2) is 5.13 Å². The van der Waals surface area contributed by atoms with E-state index in [2.05, 4.69) is 15.6 Å². The quantitative estimate of drug-likeness (QED) is 0.474. The maximum absolute atomic E-state index is 12.7. The van der Waals surface area contributed by atoms with Crippen LogP contribution < -0.4 is 15.4 Å². The van der Waals surface area contributed by atoms with Gasteiger partial charge in [-0.15, -0.1) is 11.3 Å². The molecule has 0 spiro atoms. The molecule has 1 aromatic heterocycles. The summed E-state index contributed by atoms with van der Waals surface area (Å²) in [6, 6.07) is 14.5. The Balaban J connectivity index is 1.68. The molecule has 0 aliphatic rings. The van der Waals surface area contributed by atoms with Gasteiger partial charge in [-0.3, -0.25) is 9.59 Å². The highest BCUT2D eigenvalue weighted by atomic mass is 35.5. The Morgan fingerprint density at radius 3 is 2.65 bits per heavy atom. The number of hydrogen-bond donors (Lipinski definition) is 2. The van der Waals surface area contributed by atoms with Crippen LogP contribution in [0.2, 0.25) is 5.02 Å². The monoisotopic (exact) mass is 457 g/mol. The lowest BCUT2D eigenvalue weighted by atomic mass is 10.0. The fourth-order valence-electron chi connectivity index (χ4n) is 3.17. The molecular formula is C23H24ClN3O3S. The maximum Gasteiger partial charge on any atom is 0.228 e. The molecule has 0 saturated carbocycles. The molecule has 162 valence electrons. The molecular weight excluding hydrogens is 434 g/mol. The Morgan fingerprint density at radius 1 is 1.16 bits per heavy atom. The van der Waals surface area contributed by atoms with Crippen LogP contribution in [0.25, 0.3) is 0 Å². The average Bonchev–Trinajstić information content (AvgIpc) is 3.16. The third-order valence-electron chi connectivity index (χ3n) is 4.48. The van der Waals surface area contributed by atoms with Crippen molar-refractivity contribution in [3.8, 4) is 5.75 Å². The van der Waals surface area contributed by atoms with E-state index in [1.54, 1.807) is 6.20 Å². The Kier molecular flexibility index (Phi) is 8.03. The van der Waals surface area contributed by atoms with Crippen LogP contribution in [0.4, 0.5) is 5.13 Å². The summed E-state index contributed by atoms with van der Waals surface area (Å²) in [5.41, 5.74) is 1.76. The van der Waals surface area contributed by atoms with Gasteiger partial charge < -0.3 is 15.4 Å². The number of amides is 2. The number of halogens is 1. The molecule has 2 amide bonds. The molecule has 8 heteroatoms. The number of anilines is 1. The van der Waals surface area contributed by atoms with Gasteiger partial charge in [0.25, 0.3) is 0 Å². The Hall–Kier alpha value is -2.90. The van der Waals surface area contributed by atoms with E-state index in [0.29, 0.717) is 28.9 Å². The highest BCUT2D eigenvalue weighted by molar-refractivity contribution is 7.15. The largest absolute Gasteiger partial charge is 0.494 e. The van der Waals surface area contributed by atoms with Gasteiger partial charge in [-0.25, -0.2) is 4.98 Å². The topological polar surface area (TPSA) is 80.3 Å². The second kappa shape index (κ2) is 10.9. The van der Waals surface area contributed by atoms with Crippen molar-refractivity contribution in [3.63, 3.8) is 0 Å². The predicted octanol–water partition coefficient (Wildman–Crippen LogP) is 4.99. The lowest BCUT2D eigenvalue weighted by Gasteiger charge is -2.20. The zero-order chi connectivity index (χ0) is 22.2. The number of aromatic nitrogens is 1. The minimum absolute atomic E-state index is 0.0586. The maximum atomic E-state index is 12.7. The Bertz CT molecular complexity index is 1050. The van der Waals surface area contributed by atoms with Crippen LogP contribution in [0.5, 0.6) is 5.75 Å². The first-order valence-corrected chi connectivity index (χ1v) is 11.1. The molecule has 1 atom stereocenters. The summed E-state index contributed by atoms with van der Waals surface area (Å²) in [4.78, 5) is 29.7. The van der Waals surface area contributed by atoms with E-state index >= 15 is 0 Å². The third-order valence-corrected chi connectivity index (χ3v) is 5.77. The zero-order valence-corrected chi connectivity index (χ0v) is 18.9. The molecule has 0 aliphatic heterocycles. The number of ether oxygens (including phenoxy) is 1. The first-order valence-electron chi connectivity index (χ1n) is 9.93. The number of benzene rings is 2. The van der Waals surface area contributed by atoms with E-state index in [0.717, 1.165) is 16.0 Å². The van der Waals surface area contributed by atoms with E-state index in [1.807, 2.05) is 55.5 Å². The molecule has 3 rings (SSSR count). The molecule has 0 bridgehead atoms. The minimum Gasteiger partial charge on any atom is -0.494 e. The third kappa shape index (κ3) is 6.54. The van der Waals surface area contributed by atoms with Crippen LogP contribution in [0.1, 0.15) is 42.3 Å². The first-order chi connectivity index (χ1) is 15.0. The summed E-state index contributed by atoms with van der Waals surface area (Å²) in [6.45, 7) is 3.80. The van der Waals surface area contributed by atoms with E-state index in [4.69, 9.17) is 16.3 Å². The molecule has 1 unspecified atom stereocenters. The van der Waals surface area contributed by atoms with Gasteiger partial charge in [0, 0.05) is 35.0 Å². The van der Waals surface area contributed by atoms with Crippen molar-refractivity contribution < 1.29 is 14.3 Å². The standard InChI is InChI=1S/C23H24ClN3O3S/c1-3-30-21-11-7-5-9-18(21)20(26-15(2)28)13-22(29)27-23-25-14-17(31-23)12-16-8-4-6-10-19(16)24/h4-11,14,20H,3,12-13H2,1-2H3,(H,26,28)(H,25,27,29). The van der Waals surface area contributed by atoms with Gasteiger partial charge in [0.2, 0.25) is 11.8 Å². The van der Waals surface area contributed by atoms with Crippen molar-refractivity contribution in [2.24, 2.45) is 0 Å². The van der Waals surface area contributed by atoms with E-state index < -0.39 is 6.04 Å². The van der Waals surface area contributed by atoms with Crippen molar-refractivity contribution in [1.82, 2.24) is 10.3 Å². The average molecular weight is 458 g/mol. The van der Waals surface area contributed by atoms with Crippen LogP contribution in [0, 0.1) is 0 Å². The number of nitrogens with zero attached hydrogens (tertiary/aromatic N) is 1. The second-order valence-electron chi connectivity index (χ2n) is 6.88. The van der Waals surface area contributed by atoms with Crippen molar-refractivity contribution in [3.05, 3.63) is 75.8 Å². The molecule has 2 N–H and O–H groups in total. The van der Waals surface area contributed by atoms with E-state index in [-0.39, 0.29) is 18.2 Å². The summed E-state index contributed by atoms with van der Waals surface area (Å²) < 4.78 is 5.66. The van der Waals surface area contributed by atoms with Crippen molar-refractivity contribution in [2.45, 2.75) is 32.7 Å². The van der Waals surface area contributed by atoms with Gasteiger partial charge in [0.05, 0.1) is 19.1 Å². The number of hydrogen-bond acceptors (Lipinski definition) is 5. The van der Waals surface area contributed by atoms with Crippen LogP contribution in [-0.2, 0) is 16.0 Å². The number of rotatable bonds is 9. The molecule has 1 heterocycles. The Morgan fingerprint density at radius 2 is 1.90 bits per heavy atom. The number of carbonyl (C=O) groups is 2. The summed E-state index contributed by atoms with van der Waals surface area (Å²) >= 11 is 7.63. The lowest BCUT2D eigenvalue weighted by molar-refractivity contribution is -0.120. The molecule has 6 nitrogen and oxygen atoms in total. The Labute approximate surface area is 190 Å². The SMILES string of the molecule is CCOc1ccccc1C(CC(=O)Nc1ncc(Cc2ccccc2Cl)s1)NC(C)=O. The smallest absolute Gasteiger partial charge is 0.228 e. The van der Waals surface area contributed by atoms with Gasteiger partial charge >= 0.3 is 0 Å². The summed E-state index contributed by atoms with van der Waals surface area (Å²) in [6.07, 6.45) is 2.44.